The molecule has 2 nitrogen and oxygen atoms in total. The van der Waals surface area contributed by atoms with Crippen molar-refractivity contribution >= 4 is 23.6 Å². The van der Waals surface area contributed by atoms with E-state index in [1.807, 2.05) is 21.0 Å². The first-order valence-corrected chi connectivity index (χ1v) is 6.91. The molecule has 0 saturated heterocycles. The average molecular weight is 306 g/mol. The second-order valence-electron chi connectivity index (χ2n) is 6.13. The number of quaternary nitrogens is 1. The summed E-state index contributed by atoms with van der Waals surface area (Å²) in [6.45, 7) is 6.80. The highest BCUT2D eigenvalue weighted by Gasteiger charge is 2.35. The number of rotatable bonds is 8. The molecule has 0 amide bonds. The summed E-state index contributed by atoms with van der Waals surface area (Å²) >= 11 is 11.2. The van der Waals surface area contributed by atoms with Gasteiger partial charge in [0.2, 0.25) is 0 Å². The van der Waals surface area contributed by atoms with Gasteiger partial charge in [-0.2, -0.15) is 0 Å². The van der Waals surface area contributed by atoms with Crippen LogP contribution >= 0.6 is 23.6 Å². The van der Waals surface area contributed by atoms with Gasteiger partial charge < -0.3 is 4.48 Å². The van der Waals surface area contributed by atoms with E-state index in [4.69, 9.17) is 23.6 Å². The van der Waals surface area contributed by atoms with Gasteiger partial charge in [0.1, 0.15) is 0 Å². The second kappa shape index (κ2) is 6.69. The third-order valence-electron chi connectivity index (χ3n) is 3.50. The lowest BCUT2D eigenvalue weighted by Gasteiger charge is -2.32. The van der Waals surface area contributed by atoms with Crippen LogP contribution in [0, 0.1) is 0 Å². The van der Waals surface area contributed by atoms with Crippen molar-refractivity contribution in [3.63, 3.8) is 0 Å². The van der Waals surface area contributed by atoms with Crippen molar-refractivity contribution < 1.29 is 13.3 Å². The quantitative estimate of drug-likeness (QED) is 0.478. The summed E-state index contributed by atoms with van der Waals surface area (Å²) in [5.41, 5.74) is -0.637. The minimum absolute atomic E-state index is 0.103. The van der Waals surface area contributed by atoms with E-state index in [9.17, 15) is 8.78 Å². The average Bonchev–Trinajstić information content (AvgIpc) is 2.24. The van der Waals surface area contributed by atoms with Crippen molar-refractivity contribution in [3.05, 3.63) is 0 Å². The van der Waals surface area contributed by atoms with E-state index in [-0.39, 0.29) is 19.3 Å². The van der Waals surface area contributed by atoms with Gasteiger partial charge in [-0.1, -0.05) is 0 Å². The molecule has 0 saturated carbocycles. The number of hydrogen-bond donors (Lipinski definition) is 0. The molecular weight excluding hydrogens is 281 g/mol. The summed E-state index contributed by atoms with van der Waals surface area (Å²) in [6.07, 6.45) is -0.0410. The van der Waals surface area contributed by atoms with Crippen LogP contribution in [0.3, 0.4) is 0 Å². The molecule has 0 unspecified atom stereocenters. The molecule has 0 aliphatic carbocycles. The monoisotopic (exact) mass is 305 g/mol. The van der Waals surface area contributed by atoms with Gasteiger partial charge in [-0.25, -0.2) is 8.78 Å². The second-order valence-corrected chi connectivity index (χ2v) is 6.98. The summed E-state index contributed by atoms with van der Waals surface area (Å²) in [4.78, 5) is 0. The third kappa shape index (κ3) is 7.07. The lowest BCUT2D eigenvalue weighted by molar-refractivity contribution is -0.889. The lowest BCUT2D eigenvalue weighted by Crippen LogP contribution is -2.42. The number of hydrogen-bond acceptors (Lipinski definition) is 1. The van der Waals surface area contributed by atoms with Crippen LogP contribution in [0.5, 0.6) is 0 Å². The Morgan fingerprint density at radius 3 is 1.94 bits per heavy atom. The fraction of sp³-hybridized carbons (Fsp3) is 1.00. The summed E-state index contributed by atoms with van der Waals surface area (Å²) in [5, 5.41) is 0. The zero-order chi connectivity index (χ0) is 14.6. The molecule has 0 aromatic carbocycles. The lowest BCUT2D eigenvalue weighted by atomic mass is 9.96. The Balaban J connectivity index is 4.24. The van der Waals surface area contributed by atoms with Crippen LogP contribution in [0.25, 0.3) is 0 Å². The Labute approximate surface area is 120 Å². The fourth-order valence-electron chi connectivity index (χ4n) is 1.32. The highest BCUT2D eigenvalue weighted by atomic mass is 35.5. The SMILES string of the molecule is CC[N+](C)(C)CCC(F)(F)CCC(C)(C)N(Cl)Cl. The van der Waals surface area contributed by atoms with Crippen LogP contribution < -0.4 is 0 Å². The van der Waals surface area contributed by atoms with Crippen LogP contribution in [-0.2, 0) is 0 Å². The highest BCUT2D eigenvalue weighted by Crippen LogP contribution is 2.32. The van der Waals surface area contributed by atoms with Gasteiger partial charge in [0.05, 0.1) is 33.6 Å². The van der Waals surface area contributed by atoms with E-state index in [0.717, 1.165) is 10.5 Å². The predicted molar refractivity (Wildman–Crippen MR) is 73.9 cm³/mol. The number of nitrogens with zero attached hydrogens (tertiary/aromatic N) is 2. The minimum atomic E-state index is -2.66. The summed E-state index contributed by atoms with van der Waals surface area (Å²) < 4.78 is 29.1. The molecule has 0 rings (SSSR count). The maximum Gasteiger partial charge on any atom is 0.253 e. The van der Waals surface area contributed by atoms with Crippen molar-refractivity contribution in [1.82, 2.24) is 3.94 Å². The Morgan fingerprint density at radius 2 is 1.56 bits per heavy atom. The van der Waals surface area contributed by atoms with Gasteiger partial charge in [-0.15, -0.1) is 3.94 Å². The molecular formula is C12H25Cl2F2N2+. The maximum atomic E-state index is 13.8. The van der Waals surface area contributed by atoms with Crippen molar-refractivity contribution in [3.8, 4) is 0 Å². The molecule has 110 valence electrons. The largest absolute Gasteiger partial charge is 0.329 e. The molecule has 0 heterocycles. The van der Waals surface area contributed by atoms with Crippen LogP contribution in [0.4, 0.5) is 8.78 Å². The normalized spacial score (nSPS) is 14.3. The third-order valence-corrected chi connectivity index (χ3v) is 4.41. The summed E-state index contributed by atoms with van der Waals surface area (Å²) in [6, 6.07) is 0. The zero-order valence-electron chi connectivity index (χ0n) is 11.9. The van der Waals surface area contributed by atoms with Gasteiger partial charge in [0.15, 0.2) is 0 Å². The van der Waals surface area contributed by atoms with Gasteiger partial charge in [0.25, 0.3) is 5.92 Å². The number of halogens is 4. The van der Waals surface area contributed by atoms with Crippen LogP contribution in [0.15, 0.2) is 0 Å². The first-order chi connectivity index (χ1) is 7.92. The highest BCUT2D eigenvalue weighted by molar-refractivity contribution is 6.34. The van der Waals surface area contributed by atoms with Crippen molar-refractivity contribution in [2.24, 2.45) is 0 Å². The fourth-order valence-corrected chi connectivity index (χ4v) is 1.49. The van der Waals surface area contributed by atoms with Crippen molar-refractivity contribution in [1.29, 1.82) is 0 Å². The summed E-state index contributed by atoms with van der Waals surface area (Å²) in [5.74, 6) is -2.66. The minimum Gasteiger partial charge on any atom is -0.329 e. The standard InChI is InChI=1S/C12H25Cl2F2N2/c1-6-18(4,5)10-9-12(15,16)8-7-11(2,3)17(13)14/h6-10H2,1-5H3/q+1. The van der Waals surface area contributed by atoms with Crippen LogP contribution in [-0.4, -0.2) is 47.1 Å². The maximum absolute atomic E-state index is 13.8. The van der Waals surface area contributed by atoms with Gasteiger partial charge >= 0.3 is 0 Å². The van der Waals surface area contributed by atoms with Gasteiger partial charge in [-0.3, -0.25) is 0 Å². The molecule has 0 fully saturated rings. The van der Waals surface area contributed by atoms with Crippen molar-refractivity contribution in [2.45, 2.75) is 51.5 Å². The molecule has 0 bridgehead atoms. The Morgan fingerprint density at radius 1 is 1.06 bits per heavy atom. The molecule has 0 aromatic heterocycles. The predicted octanol–water partition coefficient (Wildman–Crippen LogP) is 4.28. The number of alkyl halides is 2. The van der Waals surface area contributed by atoms with E-state index in [1.165, 1.54) is 0 Å². The van der Waals surface area contributed by atoms with E-state index in [1.54, 1.807) is 13.8 Å². The van der Waals surface area contributed by atoms with E-state index < -0.39 is 11.5 Å². The van der Waals surface area contributed by atoms with E-state index in [2.05, 4.69) is 0 Å². The smallest absolute Gasteiger partial charge is 0.253 e. The first kappa shape index (κ1) is 18.4. The summed E-state index contributed by atoms with van der Waals surface area (Å²) in [7, 11) is 3.92. The van der Waals surface area contributed by atoms with Gasteiger partial charge in [0, 0.05) is 12.0 Å². The van der Waals surface area contributed by atoms with Crippen LogP contribution in [0.2, 0.25) is 0 Å². The van der Waals surface area contributed by atoms with E-state index in [0.29, 0.717) is 11.0 Å². The van der Waals surface area contributed by atoms with Gasteiger partial charge in [-0.05, 0) is 50.7 Å². The Bertz CT molecular complexity index is 256. The molecule has 6 heteroatoms. The molecule has 0 aromatic rings. The Kier molecular flexibility index (Phi) is 6.82. The molecule has 0 radical (unpaired) electrons. The molecule has 0 spiro atoms. The first-order valence-electron chi connectivity index (χ1n) is 6.23. The van der Waals surface area contributed by atoms with E-state index >= 15 is 0 Å². The molecule has 0 aliphatic rings. The molecule has 0 N–H and O–H groups in total. The zero-order valence-corrected chi connectivity index (χ0v) is 13.5. The van der Waals surface area contributed by atoms with Crippen LogP contribution in [0.1, 0.15) is 40.0 Å². The topological polar surface area (TPSA) is 3.24 Å². The molecule has 18 heavy (non-hydrogen) atoms. The molecule has 0 atom stereocenters. The molecule has 0 aliphatic heterocycles. The Hall–Kier alpha value is 0.360. The van der Waals surface area contributed by atoms with Crippen molar-refractivity contribution in [2.75, 3.05) is 27.2 Å².